The molecule has 0 spiro atoms. The summed E-state index contributed by atoms with van der Waals surface area (Å²) in [6.45, 7) is 13.7. The maximum Gasteiger partial charge on any atom is 0.272 e. The monoisotopic (exact) mass is 489 g/mol. The van der Waals surface area contributed by atoms with E-state index in [1.54, 1.807) is 0 Å². The molecule has 3 aromatic rings. The Balaban J connectivity index is 1.53. The summed E-state index contributed by atoms with van der Waals surface area (Å²) in [5.74, 6) is 0.606. The van der Waals surface area contributed by atoms with Crippen molar-refractivity contribution in [1.29, 1.82) is 0 Å². The van der Waals surface area contributed by atoms with Crippen molar-refractivity contribution in [3.8, 4) is 11.3 Å². The van der Waals surface area contributed by atoms with Crippen molar-refractivity contribution in [2.24, 2.45) is 16.7 Å². The average molecular weight is 490 g/mol. The van der Waals surface area contributed by atoms with Gasteiger partial charge in [0.05, 0.1) is 12.2 Å². The fourth-order valence-corrected chi connectivity index (χ4v) is 6.88. The number of carbonyl (C=O) groups is 1. The molecule has 0 saturated heterocycles. The number of rotatable bonds is 5. The van der Waals surface area contributed by atoms with E-state index in [1.807, 2.05) is 30.7 Å². The van der Waals surface area contributed by atoms with Crippen LogP contribution in [0, 0.1) is 37.5 Å². The summed E-state index contributed by atoms with van der Waals surface area (Å²) < 4.78 is 1.98. The minimum Gasteiger partial charge on any atom is -0.347 e. The van der Waals surface area contributed by atoms with E-state index in [9.17, 15) is 4.79 Å². The van der Waals surface area contributed by atoms with Crippen LogP contribution >= 0.6 is 11.6 Å². The highest BCUT2D eigenvalue weighted by Gasteiger charge is 2.59. The average Bonchev–Trinajstić information content (AvgIpc) is 3.41. The maximum atomic E-state index is 13.7. The molecule has 2 bridgehead atoms. The van der Waals surface area contributed by atoms with Gasteiger partial charge in [0.15, 0.2) is 5.69 Å². The van der Waals surface area contributed by atoms with Gasteiger partial charge >= 0.3 is 0 Å². The Hall–Kier alpha value is -2.59. The van der Waals surface area contributed by atoms with Crippen molar-refractivity contribution < 1.29 is 4.79 Å². The topological polar surface area (TPSA) is 46.9 Å². The largest absolute Gasteiger partial charge is 0.347 e. The second-order valence-electron chi connectivity index (χ2n) is 11.8. The molecule has 0 aliphatic heterocycles. The zero-order valence-corrected chi connectivity index (χ0v) is 22.5. The number of benzene rings is 2. The predicted molar refractivity (Wildman–Crippen MR) is 143 cm³/mol. The summed E-state index contributed by atoms with van der Waals surface area (Å²) in [5.41, 5.74) is 7.05. The van der Waals surface area contributed by atoms with Gasteiger partial charge in [0.25, 0.3) is 5.91 Å². The third-order valence-corrected chi connectivity index (χ3v) is 9.26. The lowest BCUT2D eigenvalue weighted by Gasteiger charge is -2.43. The van der Waals surface area contributed by atoms with Crippen LogP contribution in [0.4, 0.5) is 0 Å². The molecular formula is C30H36ClN3O. The van der Waals surface area contributed by atoms with E-state index >= 15 is 0 Å². The van der Waals surface area contributed by atoms with Crippen LogP contribution in [0.15, 0.2) is 42.5 Å². The number of hydrogen-bond acceptors (Lipinski definition) is 2. The van der Waals surface area contributed by atoms with Gasteiger partial charge in [-0.05, 0) is 80.0 Å². The molecule has 184 valence electrons. The van der Waals surface area contributed by atoms with Gasteiger partial charge in [-0.15, -0.1) is 0 Å². The Labute approximate surface area is 214 Å². The minimum absolute atomic E-state index is 0.0658. The highest BCUT2D eigenvalue weighted by atomic mass is 35.5. The smallest absolute Gasteiger partial charge is 0.272 e. The molecule has 2 aromatic carbocycles. The second-order valence-corrected chi connectivity index (χ2v) is 12.2. The standard InChI is InChI=1S/C30H36ClN3O/c1-18-7-9-21(10-8-18)17-34-26(22-11-12-24(31)19(2)15-22)20(3)25(33-34)27(35)32-28-29(4,5)23-13-14-30(28,6)16-23/h7-12,15,23,28H,13-14,16-17H2,1-6H3,(H,32,35). The van der Waals surface area contributed by atoms with E-state index in [4.69, 9.17) is 16.7 Å². The van der Waals surface area contributed by atoms with Crippen molar-refractivity contribution in [3.63, 3.8) is 0 Å². The van der Waals surface area contributed by atoms with Crippen LogP contribution < -0.4 is 5.32 Å². The molecule has 2 fully saturated rings. The van der Waals surface area contributed by atoms with Crippen LogP contribution in [0.25, 0.3) is 11.3 Å². The number of hydrogen-bond donors (Lipinski definition) is 1. The Morgan fingerprint density at radius 1 is 1.11 bits per heavy atom. The predicted octanol–water partition coefficient (Wildman–Crippen LogP) is 7.12. The first-order valence-corrected chi connectivity index (χ1v) is 13.1. The Kier molecular flexibility index (Phi) is 5.87. The van der Waals surface area contributed by atoms with Crippen molar-refractivity contribution in [2.45, 2.75) is 73.4 Å². The molecule has 3 unspecified atom stereocenters. The molecule has 1 heterocycles. The first-order valence-electron chi connectivity index (χ1n) is 12.7. The van der Waals surface area contributed by atoms with E-state index in [1.165, 1.54) is 24.8 Å². The molecule has 2 saturated carbocycles. The van der Waals surface area contributed by atoms with E-state index in [-0.39, 0.29) is 22.8 Å². The van der Waals surface area contributed by atoms with E-state index in [2.05, 4.69) is 63.3 Å². The lowest BCUT2D eigenvalue weighted by atomic mass is 9.68. The van der Waals surface area contributed by atoms with Gasteiger partial charge in [-0.1, -0.05) is 68.3 Å². The quantitative estimate of drug-likeness (QED) is 0.414. The summed E-state index contributed by atoms with van der Waals surface area (Å²) in [7, 11) is 0. The number of halogens is 1. The number of aromatic nitrogens is 2. The van der Waals surface area contributed by atoms with Gasteiger partial charge in [-0.2, -0.15) is 5.10 Å². The normalized spacial score (nSPS) is 24.7. The van der Waals surface area contributed by atoms with Crippen LogP contribution in [0.1, 0.15) is 72.8 Å². The van der Waals surface area contributed by atoms with Gasteiger partial charge in [0, 0.05) is 22.2 Å². The molecule has 1 aromatic heterocycles. The highest BCUT2D eigenvalue weighted by Crippen LogP contribution is 2.62. The van der Waals surface area contributed by atoms with Gasteiger partial charge in [-0.25, -0.2) is 0 Å². The van der Waals surface area contributed by atoms with Crippen LogP contribution in [0.5, 0.6) is 0 Å². The fraction of sp³-hybridized carbons (Fsp3) is 0.467. The molecule has 35 heavy (non-hydrogen) atoms. The highest BCUT2D eigenvalue weighted by molar-refractivity contribution is 6.31. The number of carbonyl (C=O) groups excluding carboxylic acids is 1. The zero-order valence-electron chi connectivity index (χ0n) is 21.7. The second kappa shape index (κ2) is 8.51. The van der Waals surface area contributed by atoms with Crippen molar-refractivity contribution >= 4 is 17.5 Å². The molecule has 1 amide bonds. The lowest BCUT2D eigenvalue weighted by molar-refractivity contribution is 0.0732. The molecule has 5 rings (SSSR count). The summed E-state index contributed by atoms with van der Waals surface area (Å²) in [6.07, 6.45) is 3.64. The molecular weight excluding hydrogens is 454 g/mol. The van der Waals surface area contributed by atoms with E-state index in [0.717, 1.165) is 33.0 Å². The number of amides is 1. The van der Waals surface area contributed by atoms with Crippen LogP contribution in [0.3, 0.4) is 0 Å². The number of aryl methyl sites for hydroxylation is 2. The number of nitrogens with zero attached hydrogens (tertiary/aromatic N) is 2. The lowest BCUT2D eigenvalue weighted by Crippen LogP contribution is -2.52. The third kappa shape index (κ3) is 4.10. The third-order valence-electron chi connectivity index (χ3n) is 8.83. The zero-order chi connectivity index (χ0) is 25.1. The van der Waals surface area contributed by atoms with Crippen LogP contribution in [-0.4, -0.2) is 21.7 Å². The number of nitrogens with one attached hydrogen (secondary N) is 1. The molecule has 2 aliphatic rings. The van der Waals surface area contributed by atoms with Crippen molar-refractivity contribution in [1.82, 2.24) is 15.1 Å². The first-order chi connectivity index (χ1) is 16.5. The molecule has 1 N–H and O–H groups in total. The Morgan fingerprint density at radius 2 is 1.83 bits per heavy atom. The van der Waals surface area contributed by atoms with E-state index < -0.39 is 0 Å². The Bertz CT molecular complexity index is 1280. The van der Waals surface area contributed by atoms with E-state index in [0.29, 0.717) is 18.2 Å². The first kappa shape index (κ1) is 24.1. The molecule has 4 nitrogen and oxygen atoms in total. The van der Waals surface area contributed by atoms with Gasteiger partial charge in [-0.3, -0.25) is 9.48 Å². The van der Waals surface area contributed by atoms with Crippen LogP contribution in [-0.2, 0) is 6.54 Å². The van der Waals surface area contributed by atoms with Crippen molar-refractivity contribution in [2.75, 3.05) is 0 Å². The minimum atomic E-state index is -0.0658. The summed E-state index contributed by atoms with van der Waals surface area (Å²) in [5, 5.41) is 9.09. The van der Waals surface area contributed by atoms with Crippen molar-refractivity contribution in [3.05, 3.63) is 75.4 Å². The van der Waals surface area contributed by atoms with Gasteiger partial charge < -0.3 is 5.32 Å². The molecule has 5 heteroatoms. The molecule has 0 radical (unpaired) electrons. The fourth-order valence-electron chi connectivity index (χ4n) is 6.77. The summed E-state index contributed by atoms with van der Waals surface area (Å²) in [4.78, 5) is 13.7. The van der Waals surface area contributed by atoms with Gasteiger partial charge in [0.2, 0.25) is 0 Å². The van der Waals surface area contributed by atoms with Crippen LogP contribution in [0.2, 0.25) is 5.02 Å². The summed E-state index contributed by atoms with van der Waals surface area (Å²) >= 11 is 6.33. The summed E-state index contributed by atoms with van der Waals surface area (Å²) in [6, 6.07) is 14.7. The maximum absolute atomic E-state index is 13.7. The Morgan fingerprint density at radius 3 is 2.46 bits per heavy atom. The van der Waals surface area contributed by atoms with Gasteiger partial charge in [0.1, 0.15) is 0 Å². The molecule has 2 aliphatic carbocycles. The SMILES string of the molecule is Cc1ccc(Cn2nc(C(=O)NC3C4(C)CCC(C4)C3(C)C)c(C)c2-c2ccc(Cl)c(C)c2)cc1. The number of fused-ring (bicyclic) bond motifs is 2. The molecule has 3 atom stereocenters.